The maximum absolute atomic E-state index is 10.8. The van der Waals surface area contributed by atoms with Gasteiger partial charge in [-0.3, -0.25) is 4.79 Å². The number of aliphatic carboxylic acids is 1. The second-order valence-corrected chi connectivity index (χ2v) is 5.39. The Morgan fingerprint density at radius 3 is 2.67 bits per heavy atom. The first kappa shape index (κ1) is 15.6. The molecule has 0 saturated heterocycles. The van der Waals surface area contributed by atoms with Crippen molar-refractivity contribution < 1.29 is 9.90 Å². The zero-order valence-electron chi connectivity index (χ0n) is 12.8. The highest BCUT2D eigenvalue weighted by atomic mass is 16.4. The standard InChI is InChI=1S/C16H16N6O2/c17-14-13-15(22-16(18)21-14)19-8-11(20-13)5-4-9-2-1-3-10(6-9)7-12(23)24/h1-3,6,8H,4-5,7H2,(H,23,24)(H4,17,18,19,21,22). The molecule has 0 bridgehead atoms. The van der Waals surface area contributed by atoms with Crippen LogP contribution in [0.3, 0.4) is 0 Å². The van der Waals surface area contributed by atoms with E-state index in [1.54, 1.807) is 12.3 Å². The predicted octanol–water partition coefficient (Wildman–Crippen LogP) is 0.996. The molecule has 8 heteroatoms. The number of benzene rings is 1. The number of nitrogens with zero attached hydrogens (tertiary/aromatic N) is 4. The van der Waals surface area contributed by atoms with Crippen LogP contribution in [-0.2, 0) is 24.1 Å². The number of carboxylic acids is 1. The van der Waals surface area contributed by atoms with Gasteiger partial charge in [0.05, 0.1) is 18.3 Å². The van der Waals surface area contributed by atoms with Crippen LogP contribution in [0.4, 0.5) is 11.8 Å². The Morgan fingerprint density at radius 1 is 1.08 bits per heavy atom. The number of aryl methyl sites for hydroxylation is 2. The van der Waals surface area contributed by atoms with Gasteiger partial charge in [-0.1, -0.05) is 24.3 Å². The van der Waals surface area contributed by atoms with Crippen LogP contribution in [0.25, 0.3) is 11.2 Å². The summed E-state index contributed by atoms with van der Waals surface area (Å²) in [5.74, 6) is -0.574. The van der Waals surface area contributed by atoms with Gasteiger partial charge < -0.3 is 16.6 Å². The lowest BCUT2D eigenvalue weighted by Crippen LogP contribution is -2.05. The number of nitrogen functional groups attached to an aromatic ring is 2. The largest absolute Gasteiger partial charge is 0.481 e. The lowest BCUT2D eigenvalue weighted by atomic mass is 10.0. The Labute approximate surface area is 137 Å². The number of rotatable bonds is 5. The molecule has 0 saturated carbocycles. The molecule has 0 atom stereocenters. The normalized spacial score (nSPS) is 10.8. The van der Waals surface area contributed by atoms with E-state index in [1.165, 1.54) is 0 Å². The Bertz CT molecular complexity index is 912. The van der Waals surface area contributed by atoms with Gasteiger partial charge in [0.25, 0.3) is 0 Å². The van der Waals surface area contributed by atoms with E-state index < -0.39 is 5.97 Å². The van der Waals surface area contributed by atoms with Gasteiger partial charge in [-0.05, 0) is 24.0 Å². The van der Waals surface area contributed by atoms with Crippen molar-refractivity contribution in [3.05, 3.63) is 47.3 Å². The van der Waals surface area contributed by atoms with E-state index in [9.17, 15) is 4.79 Å². The summed E-state index contributed by atoms with van der Waals surface area (Å²) in [5.41, 5.74) is 14.7. The first-order valence-electron chi connectivity index (χ1n) is 7.35. The van der Waals surface area contributed by atoms with Crippen LogP contribution >= 0.6 is 0 Å². The topological polar surface area (TPSA) is 141 Å². The maximum Gasteiger partial charge on any atom is 0.307 e. The minimum atomic E-state index is -0.845. The molecule has 2 heterocycles. The molecule has 3 aromatic rings. The highest BCUT2D eigenvalue weighted by Crippen LogP contribution is 2.16. The minimum absolute atomic E-state index is 0.0128. The number of fused-ring (bicyclic) bond motifs is 1. The first-order chi connectivity index (χ1) is 11.5. The number of carbonyl (C=O) groups is 1. The summed E-state index contributed by atoms with van der Waals surface area (Å²) in [6.07, 6.45) is 3.00. The van der Waals surface area contributed by atoms with Crippen LogP contribution in [0.15, 0.2) is 30.5 Å². The third kappa shape index (κ3) is 3.54. The monoisotopic (exact) mass is 324 g/mol. The van der Waals surface area contributed by atoms with Gasteiger partial charge >= 0.3 is 5.97 Å². The fourth-order valence-corrected chi connectivity index (χ4v) is 2.45. The van der Waals surface area contributed by atoms with Crippen molar-refractivity contribution in [2.75, 3.05) is 11.5 Å². The van der Waals surface area contributed by atoms with E-state index in [0.717, 1.165) is 16.8 Å². The van der Waals surface area contributed by atoms with E-state index in [4.69, 9.17) is 16.6 Å². The molecule has 122 valence electrons. The predicted molar refractivity (Wildman–Crippen MR) is 89.1 cm³/mol. The average Bonchev–Trinajstić information content (AvgIpc) is 2.53. The van der Waals surface area contributed by atoms with Gasteiger partial charge in [-0.2, -0.15) is 9.97 Å². The number of anilines is 2. The van der Waals surface area contributed by atoms with Crippen LogP contribution in [0.2, 0.25) is 0 Å². The van der Waals surface area contributed by atoms with Crippen LogP contribution in [0.5, 0.6) is 0 Å². The van der Waals surface area contributed by atoms with E-state index in [0.29, 0.717) is 24.0 Å². The lowest BCUT2D eigenvalue weighted by molar-refractivity contribution is -0.136. The van der Waals surface area contributed by atoms with Crippen LogP contribution in [0.1, 0.15) is 16.8 Å². The Hall–Kier alpha value is -3.29. The van der Waals surface area contributed by atoms with Gasteiger partial charge in [-0.15, -0.1) is 0 Å². The minimum Gasteiger partial charge on any atom is -0.481 e. The zero-order chi connectivity index (χ0) is 17.1. The van der Waals surface area contributed by atoms with E-state index in [-0.39, 0.29) is 18.2 Å². The molecule has 0 fully saturated rings. The zero-order valence-corrected chi connectivity index (χ0v) is 12.8. The maximum atomic E-state index is 10.8. The van der Waals surface area contributed by atoms with Gasteiger partial charge in [0, 0.05) is 0 Å². The van der Waals surface area contributed by atoms with Crippen molar-refractivity contribution in [1.82, 2.24) is 19.9 Å². The average molecular weight is 324 g/mol. The number of carboxylic acid groups (broad SMARTS) is 1. The fourth-order valence-electron chi connectivity index (χ4n) is 2.45. The third-order valence-corrected chi connectivity index (χ3v) is 3.52. The van der Waals surface area contributed by atoms with Crippen molar-refractivity contribution >= 4 is 28.9 Å². The Morgan fingerprint density at radius 2 is 1.88 bits per heavy atom. The molecule has 2 aromatic heterocycles. The van der Waals surface area contributed by atoms with Crippen molar-refractivity contribution in [3.63, 3.8) is 0 Å². The molecule has 8 nitrogen and oxygen atoms in total. The SMILES string of the molecule is Nc1nc(N)c2nc(CCc3cccc(CC(=O)O)c3)cnc2n1. The molecule has 3 rings (SSSR count). The molecule has 5 N–H and O–H groups in total. The molecular weight excluding hydrogens is 308 g/mol. The molecule has 0 aliphatic heterocycles. The number of hydrogen-bond donors (Lipinski definition) is 3. The highest BCUT2D eigenvalue weighted by Gasteiger charge is 2.08. The van der Waals surface area contributed by atoms with E-state index >= 15 is 0 Å². The second kappa shape index (κ2) is 6.45. The van der Waals surface area contributed by atoms with Crippen molar-refractivity contribution in [1.29, 1.82) is 0 Å². The molecule has 0 amide bonds. The Balaban J connectivity index is 1.77. The summed E-state index contributed by atoms with van der Waals surface area (Å²) >= 11 is 0. The van der Waals surface area contributed by atoms with E-state index in [2.05, 4.69) is 19.9 Å². The van der Waals surface area contributed by atoms with Gasteiger partial charge in [0.2, 0.25) is 5.95 Å². The van der Waals surface area contributed by atoms with Crippen molar-refractivity contribution in [3.8, 4) is 0 Å². The molecule has 1 aromatic carbocycles. The fraction of sp³-hybridized carbons (Fsp3) is 0.188. The summed E-state index contributed by atoms with van der Waals surface area (Å²) in [7, 11) is 0. The smallest absolute Gasteiger partial charge is 0.307 e. The van der Waals surface area contributed by atoms with Crippen molar-refractivity contribution in [2.45, 2.75) is 19.3 Å². The number of hydrogen-bond acceptors (Lipinski definition) is 7. The summed E-state index contributed by atoms with van der Waals surface area (Å²) in [6.45, 7) is 0. The summed E-state index contributed by atoms with van der Waals surface area (Å²) in [4.78, 5) is 27.3. The highest BCUT2D eigenvalue weighted by molar-refractivity contribution is 5.81. The van der Waals surface area contributed by atoms with Gasteiger partial charge in [-0.25, -0.2) is 9.97 Å². The second-order valence-electron chi connectivity index (χ2n) is 5.39. The van der Waals surface area contributed by atoms with Gasteiger partial charge in [0.15, 0.2) is 17.0 Å². The van der Waals surface area contributed by atoms with Crippen LogP contribution in [0, 0.1) is 0 Å². The molecule has 0 radical (unpaired) electrons. The Kier molecular flexibility index (Phi) is 4.19. The summed E-state index contributed by atoms with van der Waals surface area (Å²) < 4.78 is 0. The quantitative estimate of drug-likeness (QED) is 0.631. The first-order valence-corrected chi connectivity index (χ1v) is 7.35. The van der Waals surface area contributed by atoms with Crippen molar-refractivity contribution in [2.24, 2.45) is 0 Å². The lowest BCUT2D eigenvalue weighted by Gasteiger charge is -2.06. The molecule has 24 heavy (non-hydrogen) atoms. The third-order valence-electron chi connectivity index (χ3n) is 3.52. The van der Waals surface area contributed by atoms with Gasteiger partial charge in [0.1, 0.15) is 0 Å². The molecule has 0 unspecified atom stereocenters. The molecule has 0 spiro atoms. The van der Waals surface area contributed by atoms with Crippen LogP contribution < -0.4 is 11.5 Å². The molecule has 0 aliphatic carbocycles. The molecule has 0 aliphatic rings. The summed E-state index contributed by atoms with van der Waals surface area (Å²) in [5, 5.41) is 8.86. The van der Waals surface area contributed by atoms with Crippen LogP contribution in [-0.4, -0.2) is 31.0 Å². The number of aromatic nitrogens is 4. The van der Waals surface area contributed by atoms with E-state index in [1.807, 2.05) is 18.2 Å². The number of nitrogens with two attached hydrogens (primary N) is 2. The molecular formula is C16H16N6O2. The summed E-state index contributed by atoms with van der Waals surface area (Å²) in [6, 6.07) is 7.50.